The lowest BCUT2D eigenvalue weighted by molar-refractivity contribution is -0.142. The van der Waals surface area contributed by atoms with E-state index in [1.54, 1.807) is 36.4 Å². The molecule has 2 aromatic rings. The summed E-state index contributed by atoms with van der Waals surface area (Å²) in [4.78, 5) is 11.8. The average molecular weight is 263 g/mol. The SMILES string of the molecule is O=C1Oc2ccc(Cl)cc2C1(F)c1ccccc1. The Labute approximate surface area is 108 Å². The maximum atomic E-state index is 15.1. The standard InChI is InChI=1S/C14H8ClFO2/c15-10-6-7-12-11(8-10)14(16,13(17)18-12)9-4-2-1-3-5-9/h1-8H. The van der Waals surface area contributed by atoms with Crippen molar-refractivity contribution in [2.75, 3.05) is 0 Å². The molecule has 3 rings (SSSR count). The van der Waals surface area contributed by atoms with Crippen molar-refractivity contribution in [3.8, 4) is 5.75 Å². The average Bonchev–Trinajstić information content (AvgIpc) is 2.64. The van der Waals surface area contributed by atoms with Crippen LogP contribution in [0.15, 0.2) is 48.5 Å². The van der Waals surface area contributed by atoms with Crippen LogP contribution in [0.5, 0.6) is 5.75 Å². The molecule has 2 nitrogen and oxygen atoms in total. The minimum atomic E-state index is -2.28. The van der Waals surface area contributed by atoms with E-state index < -0.39 is 11.6 Å². The number of esters is 1. The van der Waals surface area contributed by atoms with E-state index in [0.717, 1.165) is 0 Å². The second-order valence-corrected chi connectivity index (χ2v) is 4.49. The number of benzene rings is 2. The first-order valence-electron chi connectivity index (χ1n) is 5.39. The number of alkyl halides is 1. The van der Waals surface area contributed by atoms with Gasteiger partial charge in [0, 0.05) is 16.1 Å². The Morgan fingerprint density at radius 3 is 2.56 bits per heavy atom. The van der Waals surface area contributed by atoms with E-state index in [2.05, 4.69) is 0 Å². The van der Waals surface area contributed by atoms with Crippen LogP contribution < -0.4 is 4.74 Å². The van der Waals surface area contributed by atoms with Gasteiger partial charge in [0.15, 0.2) is 0 Å². The van der Waals surface area contributed by atoms with Crippen LogP contribution in [0.1, 0.15) is 11.1 Å². The number of halogens is 2. The number of carbonyl (C=O) groups is 1. The van der Waals surface area contributed by atoms with Gasteiger partial charge in [-0.05, 0) is 18.2 Å². The molecular weight excluding hydrogens is 255 g/mol. The first kappa shape index (κ1) is 11.2. The van der Waals surface area contributed by atoms with Gasteiger partial charge < -0.3 is 4.74 Å². The summed E-state index contributed by atoms with van der Waals surface area (Å²) in [5, 5.41) is 0.366. The molecule has 0 saturated carbocycles. The van der Waals surface area contributed by atoms with Gasteiger partial charge in [-0.1, -0.05) is 41.9 Å². The van der Waals surface area contributed by atoms with Crippen LogP contribution in [-0.4, -0.2) is 5.97 Å². The zero-order valence-corrected chi connectivity index (χ0v) is 9.95. The normalized spacial score (nSPS) is 21.6. The fourth-order valence-corrected chi connectivity index (χ4v) is 2.25. The predicted molar refractivity (Wildman–Crippen MR) is 65.4 cm³/mol. The van der Waals surface area contributed by atoms with Gasteiger partial charge in [-0.3, -0.25) is 0 Å². The molecule has 0 saturated heterocycles. The monoisotopic (exact) mass is 262 g/mol. The lowest BCUT2D eigenvalue weighted by Crippen LogP contribution is -2.29. The van der Waals surface area contributed by atoms with Crippen LogP contribution in [0.4, 0.5) is 4.39 Å². The summed E-state index contributed by atoms with van der Waals surface area (Å²) in [6.45, 7) is 0. The molecule has 1 aliphatic heterocycles. The second-order valence-electron chi connectivity index (χ2n) is 4.05. The largest absolute Gasteiger partial charge is 0.423 e. The molecule has 90 valence electrons. The molecule has 1 unspecified atom stereocenters. The van der Waals surface area contributed by atoms with Gasteiger partial charge >= 0.3 is 5.97 Å². The van der Waals surface area contributed by atoms with Gasteiger partial charge in [0.05, 0.1) is 0 Å². The summed E-state index contributed by atoms with van der Waals surface area (Å²) < 4.78 is 20.0. The molecule has 2 aromatic carbocycles. The second kappa shape index (κ2) is 3.82. The number of carbonyl (C=O) groups excluding carboxylic acids is 1. The number of fused-ring (bicyclic) bond motifs is 1. The minimum Gasteiger partial charge on any atom is -0.423 e. The van der Waals surface area contributed by atoms with Gasteiger partial charge in [0.25, 0.3) is 5.67 Å². The molecule has 0 aliphatic carbocycles. The molecule has 0 aromatic heterocycles. The highest BCUT2D eigenvalue weighted by Gasteiger charge is 2.51. The van der Waals surface area contributed by atoms with Crippen LogP contribution in [0, 0.1) is 0 Å². The van der Waals surface area contributed by atoms with Gasteiger partial charge in [0.2, 0.25) is 0 Å². The Morgan fingerprint density at radius 1 is 1.11 bits per heavy atom. The Hall–Kier alpha value is -1.87. The summed E-state index contributed by atoms with van der Waals surface area (Å²) in [5.74, 6) is -0.707. The topological polar surface area (TPSA) is 26.3 Å². The van der Waals surface area contributed by atoms with Crippen molar-refractivity contribution in [2.24, 2.45) is 0 Å². The van der Waals surface area contributed by atoms with Crippen molar-refractivity contribution >= 4 is 17.6 Å². The molecule has 0 bridgehead atoms. The molecule has 1 heterocycles. The van der Waals surface area contributed by atoms with E-state index in [0.29, 0.717) is 5.02 Å². The highest BCUT2D eigenvalue weighted by Crippen LogP contribution is 2.46. The van der Waals surface area contributed by atoms with Gasteiger partial charge in [0.1, 0.15) is 5.75 Å². The highest BCUT2D eigenvalue weighted by molar-refractivity contribution is 6.30. The number of rotatable bonds is 1. The maximum absolute atomic E-state index is 15.1. The fourth-order valence-electron chi connectivity index (χ4n) is 2.08. The van der Waals surface area contributed by atoms with Crippen molar-refractivity contribution in [3.63, 3.8) is 0 Å². The van der Waals surface area contributed by atoms with E-state index in [1.807, 2.05) is 0 Å². The quantitative estimate of drug-likeness (QED) is 0.581. The van der Waals surface area contributed by atoms with Gasteiger partial charge in [-0.15, -0.1) is 0 Å². The van der Waals surface area contributed by atoms with Crippen molar-refractivity contribution in [1.29, 1.82) is 0 Å². The summed E-state index contributed by atoms with van der Waals surface area (Å²) >= 11 is 5.85. The Morgan fingerprint density at radius 2 is 1.83 bits per heavy atom. The Balaban J connectivity index is 2.25. The van der Waals surface area contributed by atoms with Crippen LogP contribution in [0.25, 0.3) is 0 Å². The minimum absolute atomic E-state index is 0.159. The number of ether oxygens (including phenoxy) is 1. The molecular formula is C14H8ClFO2. The molecule has 18 heavy (non-hydrogen) atoms. The molecule has 0 amide bonds. The van der Waals surface area contributed by atoms with Crippen molar-refractivity contribution < 1.29 is 13.9 Å². The summed E-state index contributed by atoms with van der Waals surface area (Å²) in [5.41, 5.74) is -1.87. The van der Waals surface area contributed by atoms with E-state index in [-0.39, 0.29) is 16.9 Å². The zero-order valence-electron chi connectivity index (χ0n) is 9.19. The number of hydrogen-bond donors (Lipinski definition) is 0. The van der Waals surface area contributed by atoms with E-state index in [9.17, 15) is 4.79 Å². The van der Waals surface area contributed by atoms with Gasteiger partial charge in [-0.25, -0.2) is 9.18 Å². The lowest BCUT2D eigenvalue weighted by Gasteiger charge is -2.16. The first-order chi connectivity index (χ1) is 8.62. The molecule has 0 spiro atoms. The van der Waals surface area contributed by atoms with Crippen LogP contribution >= 0.6 is 11.6 Å². The van der Waals surface area contributed by atoms with Crippen molar-refractivity contribution in [3.05, 3.63) is 64.7 Å². The predicted octanol–water partition coefficient (Wildman–Crippen LogP) is 3.47. The third-order valence-electron chi connectivity index (χ3n) is 2.97. The lowest BCUT2D eigenvalue weighted by atomic mass is 9.89. The molecule has 0 radical (unpaired) electrons. The molecule has 1 aliphatic rings. The molecule has 1 atom stereocenters. The molecule has 4 heteroatoms. The smallest absolute Gasteiger partial charge is 0.358 e. The van der Waals surface area contributed by atoms with Crippen molar-refractivity contribution in [1.82, 2.24) is 0 Å². The summed E-state index contributed by atoms with van der Waals surface area (Å²) in [7, 11) is 0. The Bertz CT molecular complexity index is 627. The van der Waals surface area contributed by atoms with Crippen LogP contribution in [0.3, 0.4) is 0 Å². The van der Waals surface area contributed by atoms with E-state index in [1.165, 1.54) is 12.1 Å². The first-order valence-corrected chi connectivity index (χ1v) is 5.77. The molecule has 0 N–H and O–H groups in total. The zero-order chi connectivity index (χ0) is 12.8. The Kier molecular flexibility index (Phi) is 2.38. The van der Waals surface area contributed by atoms with Gasteiger partial charge in [-0.2, -0.15) is 0 Å². The third-order valence-corrected chi connectivity index (χ3v) is 3.20. The summed E-state index contributed by atoms with van der Waals surface area (Å²) in [6, 6.07) is 12.7. The third kappa shape index (κ3) is 1.44. The van der Waals surface area contributed by atoms with E-state index in [4.69, 9.17) is 16.3 Å². The fraction of sp³-hybridized carbons (Fsp3) is 0.0714. The summed E-state index contributed by atoms with van der Waals surface area (Å²) in [6.07, 6.45) is 0. The van der Waals surface area contributed by atoms with Crippen LogP contribution in [0.2, 0.25) is 5.02 Å². The number of hydrogen-bond acceptors (Lipinski definition) is 2. The van der Waals surface area contributed by atoms with E-state index >= 15 is 4.39 Å². The highest BCUT2D eigenvalue weighted by atomic mass is 35.5. The van der Waals surface area contributed by atoms with Crippen molar-refractivity contribution in [2.45, 2.75) is 5.67 Å². The molecule has 0 fully saturated rings. The van der Waals surface area contributed by atoms with Crippen LogP contribution in [-0.2, 0) is 10.5 Å². The maximum Gasteiger partial charge on any atom is 0.358 e.